The standard InChI is InChI=1S/C26H22ClFN6O/c1-3-34-16(2)22(13-30-34)25-11-21(20-6-4-5-7-24(20)32-25)26(35)31-19-12-29-33(15-19)14-17-8-9-18(28)10-23(17)27/h4-13,15H,3,14H2,1-2H3,(H,31,35). The maximum Gasteiger partial charge on any atom is 0.256 e. The van der Waals surface area contributed by atoms with Gasteiger partial charge < -0.3 is 5.32 Å². The number of hydrogen-bond donors (Lipinski definition) is 1. The molecule has 0 spiro atoms. The van der Waals surface area contributed by atoms with Gasteiger partial charge in [0.2, 0.25) is 0 Å². The van der Waals surface area contributed by atoms with Crippen LogP contribution in [0.2, 0.25) is 5.02 Å². The van der Waals surface area contributed by atoms with Crippen LogP contribution in [0.15, 0.2) is 67.1 Å². The molecule has 0 aliphatic heterocycles. The van der Waals surface area contributed by atoms with E-state index in [9.17, 15) is 9.18 Å². The molecule has 3 heterocycles. The molecular weight excluding hydrogens is 467 g/mol. The summed E-state index contributed by atoms with van der Waals surface area (Å²) in [6, 6.07) is 13.6. The van der Waals surface area contributed by atoms with Gasteiger partial charge in [-0.15, -0.1) is 0 Å². The molecule has 0 unspecified atom stereocenters. The Morgan fingerprint density at radius 3 is 2.71 bits per heavy atom. The molecule has 3 aromatic heterocycles. The second kappa shape index (κ2) is 9.31. The van der Waals surface area contributed by atoms with E-state index in [1.54, 1.807) is 35.4 Å². The van der Waals surface area contributed by atoms with Crippen molar-refractivity contribution >= 4 is 34.1 Å². The molecule has 2 aromatic carbocycles. The number of carbonyl (C=O) groups is 1. The van der Waals surface area contributed by atoms with Crippen LogP contribution in [-0.4, -0.2) is 30.5 Å². The monoisotopic (exact) mass is 488 g/mol. The Kier molecular flexibility index (Phi) is 6.05. The highest BCUT2D eigenvalue weighted by molar-refractivity contribution is 6.31. The molecule has 0 fully saturated rings. The lowest BCUT2D eigenvalue weighted by Gasteiger charge is -2.10. The summed E-state index contributed by atoms with van der Waals surface area (Å²) in [5, 5.41) is 12.7. The van der Waals surface area contributed by atoms with Crippen LogP contribution in [0.25, 0.3) is 22.2 Å². The molecule has 1 amide bonds. The Balaban J connectivity index is 1.44. The molecule has 9 heteroatoms. The Bertz CT molecular complexity index is 1560. The van der Waals surface area contributed by atoms with E-state index >= 15 is 0 Å². The van der Waals surface area contributed by atoms with Crippen LogP contribution in [0.3, 0.4) is 0 Å². The number of anilines is 1. The summed E-state index contributed by atoms with van der Waals surface area (Å²) in [5.41, 5.74) is 5.04. The van der Waals surface area contributed by atoms with Crippen molar-refractivity contribution in [1.29, 1.82) is 0 Å². The number of amides is 1. The first-order valence-corrected chi connectivity index (χ1v) is 11.5. The summed E-state index contributed by atoms with van der Waals surface area (Å²) in [4.78, 5) is 18.1. The number of aryl methyl sites for hydroxylation is 1. The van der Waals surface area contributed by atoms with Crippen LogP contribution in [0, 0.1) is 12.7 Å². The summed E-state index contributed by atoms with van der Waals surface area (Å²) >= 11 is 6.13. The lowest BCUT2D eigenvalue weighted by atomic mass is 10.0. The number of rotatable bonds is 6. The van der Waals surface area contributed by atoms with Gasteiger partial charge in [-0.25, -0.2) is 9.37 Å². The zero-order valence-corrected chi connectivity index (χ0v) is 19.9. The van der Waals surface area contributed by atoms with Gasteiger partial charge in [0.15, 0.2) is 0 Å². The second-order valence-corrected chi connectivity index (χ2v) is 8.56. The largest absolute Gasteiger partial charge is 0.319 e. The number of nitrogens with one attached hydrogen (secondary N) is 1. The summed E-state index contributed by atoms with van der Waals surface area (Å²) in [6.45, 7) is 5.11. The third-order valence-corrected chi connectivity index (χ3v) is 6.23. The summed E-state index contributed by atoms with van der Waals surface area (Å²) in [7, 11) is 0. The van der Waals surface area contributed by atoms with Gasteiger partial charge in [0.25, 0.3) is 5.91 Å². The van der Waals surface area contributed by atoms with E-state index in [0.29, 0.717) is 28.5 Å². The molecule has 0 saturated carbocycles. The van der Waals surface area contributed by atoms with E-state index in [0.717, 1.165) is 34.3 Å². The van der Waals surface area contributed by atoms with Crippen LogP contribution < -0.4 is 5.32 Å². The van der Waals surface area contributed by atoms with Gasteiger partial charge in [-0.3, -0.25) is 14.2 Å². The second-order valence-electron chi connectivity index (χ2n) is 8.15. The first kappa shape index (κ1) is 22.7. The van der Waals surface area contributed by atoms with Gasteiger partial charge in [0, 0.05) is 34.4 Å². The maximum absolute atomic E-state index is 13.4. The van der Waals surface area contributed by atoms with Gasteiger partial charge in [0.05, 0.1) is 41.4 Å². The molecule has 5 rings (SSSR count). The number of nitrogens with zero attached hydrogens (tertiary/aromatic N) is 5. The van der Waals surface area contributed by atoms with Gasteiger partial charge in [0.1, 0.15) is 5.82 Å². The fraction of sp³-hybridized carbons (Fsp3) is 0.154. The molecule has 35 heavy (non-hydrogen) atoms. The zero-order valence-electron chi connectivity index (χ0n) is 19.2. The van der Waals surface area contributed by atoms with Crippen molar-refractivity contribution in [2.45, 2.75) is 26.9 Å². The lowest BCUT2D eigenvalue weighted by Crippen LogP contribution is -2.13. The topological polar surface area (TPSA) is 77.6 Å². The summed E-state index contributed by atoms with van der Waals surface area (Å²) in [5.74, 6) is -0.668. The van der Waals surface area contributed by atoms with Crippen molar-refractivity contribution < 1.29 is 9.18 Å². The van der Waals surface area contributed by atoms with E-state index in [1.807, 2.05) is 42.8 Å². The van der Waals surface area contributed by atoms with Crippen LogP contribution in [0.5, 0.6) is 0 Å². The molecule has 7 nitrogen and oxygen atoms in total. The Labute approximate surface area is 206 Å². The predicted octanol–water partition coefficient (Wildman–Crippen LogP) is 5.72. The minimum Gasteiger partial charge on any atom is -0.319 e. The minimum absolute atomic E-state index is 0.273. The molecule has 0 aliphatic rings. The number of benzene rings is 2. The third-order valence-electron chi connectivity index (χ3n) is 5.88. The predicted molar refractivity (Wildman–Crippen MR) is 134 cm³/mol. The van der Waals surface area contributed by atoms with Crippen molar-refractivity contribution in [3.63, 3.8) is 0 Å². The van der Waals surface area contributed by atoms with E-state index in [-0.39, 0.29) is 5.91 Å². The fourth-order valence-corrected chi connectivity index (χ4v) is 4.28. The average molecular weight is 489 g/mol. The highest BCUT2D eigenvalue weighted by Crippen LogP contribution is 2.28. The highest BCUT2D eigenvalue weighted by atomic mass is 35.5. The number of pyridine rings is 1. The minimum atomic E-state index is -0.395. The van der Waals surface area contributed by atoms with E-state index in [1.165, 1.54) is 12.1 Å². The maximum atomic E-state index is 13.4. The van der Waals surface area contributed by atoms with Crippen LogP contribution in [-0.2, 0) is 13.1 Å². The molecule has 176 valence electrons. The fourth-order valence-electron chi connectivity index (χ4n) is 4.06. The number of hydrogen-bond acceptors (Lipinski definition) is 4. The van der Waals surface area contributed by atoms with Crippen LogP contribution in [0.4, 0.5) is 10.1 Å². The molecule has 0 radical (unpaired) electrons. The third kappa shape index (κ3) is 4.52. The Morgan fingerprint density at radius 2 is 1.94 bits per heavy atom. The van der Waals surface area contributed by atoms with E-state index < -0.39 is 5.82 Å². The molecular formula is C26H22ClFN6O. The molecule has 5 aromatic rings. The first-order valence-electron chi connectivity index (χ1n) is 11.1. The van der Waals surface area contributed by atoms with Crippen molar-refractivity contribution in [3.05, 3.63) is 94.8 Å². The Morgan fingerprint density at radius 1 is 1.11 bits per heavy atom. The summed E-state index contributed by atoms with van der Waals surface area (Å²) in [6.07, 6.45) is 5.05. The van der Waals surface area contributed by atoms with Crippen LogP contribution in [0.1, 0.15) is 28.5 Å². The van der Waals surface area contributed by atoms with Gasteiger partial charge in [-0.1, -0.05) is 35.9 Å². The highest BCUT2D eigenvalue weighted by Gasteiger charge is 2.17. The van der Waals surface area contributed by atoms with Gasteiger partial charge in [-0.05, 0) is 43.7 Å². The van der Waals surface area contributed by atoms with E-state index in [4.69, 9.17) is 16.6 Å². The molecule has 0 atom stereocenters. The van der Waals surface area contributed by atoms with Crippen molar-refractivity contribution in [1.82, 2.24) is 24.5 Å². The smallest absolute Gasteiger partial charge is 0.256 e. The Hall–Kier alpha value is -4.04. The van der Waals surface area contributed by atoms with Crippen molar-refractivity contribution in [3.8, 4) is 11.3 Å². The van der Waals surface area contributed by atoms with Gasteiger partial charge >= 0.3 is 0 Å². The molecule has 0 aliphatic carbocycles. The number of aromatic nitrogens is 5. The van der Waals surface area contributed by atoms with Crippen molar-refractivity contribution in [2.75, 3.05) is 5.32 Å². The van der Waals surface area contributed by atoms with Crippen molar-refractivity contribution in [2.24, 2.45) is 0 Å². The van der Waals surface area contributed by atoms with Gasteiger partial charge in [-0.2, -0.15) is 10.2 Å². The average Bonchev–Trinajstić information content (AvgIpc) is 3.45. The SMILES string of the molecule is CCn1ncc(-c2cc(C(=O)Nc3cnn(Cc4ccc(F)cc4Cl)c3)c3ccccc3n2)c1C. The first-order chi connectivity index (χ1) is 16.9. The number of para-hydroxylation sites is 1. The number of carbonyl (C=O) groups excluding carboxylic acids is 1. The molecule has 0 saturated heterocycles. The molecule has 0 bridgehead atoms. The molecule has 1 N–H and O–H groups in total. The quantitative estimate of drug-likeness (QED) is 0.332. The number of halogens is 2. The summed E-state index contributed by atoms with van der Waals surface area (Å²) < 4.78 is 16.8. The normalized spacial score (nSPS) is 11.2. The lowest BCUT2D eigenvalue weighted by molar-refractivity contribution is 0.102. The van der Waals surface area contributed by atoms with E-state index in [2.05, 4.69) is 15.5 Å². The zero-order chi connectivity index (χ0) is 24.5. The van der Waals surface area contributed by atoms with Crippen LogP contribution >= 0.6 is 11.6 Å². The number of fused-ring (bicyclic) bond motifs is 1.